The summed E-state index contributed by atoms with van der Waals surface area (Å²) in [5.74, 6) is 3.40. The van der Waals surface area contributed by atoms with E-state index in [1.165, 1.54) is 11.5 Å². The maximum Gasteiger partial charge on any atom is 0.151 e. The number of aromatic nitrogens is 2. The number of hydrogen-bond acceptors (Lipinski definition) is 5. The molecule has 1 fully saturated rings. The van der Waals surface area contributed by atoms with Crippen molar-refractivity contribution in [2.75, 3.05) is 36.5 Å². The van der Waals surface area contributed by atoms with Crippen LogP contribution in [0.15, 0.2) is 12.1 Å². The Morgan fingerprint density at radius 3 is 2.73 bits per heavy atom. The summed E-state index contributed by atoms with van der Waals surface area (Å²) < 4.78 is 0. The molecule has 0 bridgehead atoms. The Balaban J connectivity index is 2.02. The summed E-state index contributed by atoms with van der Waals surface area (Å²) in [4.78, 5) is 2.30. The van der Waals surface area contributed by atoms with Crippen LogP contribution >= 0.6 is 11.8 Å². The predicted molar refractivity (Wildman–Crippen MR) is 64.3 cm³/mol. The van der Waals surface area contributed by atoms with Gasteiger partial charge >= 0.3 is 0 Å². The fraction of sp³-hybridized carbons (Fsp3) is 0.600. The molecule has 1 aromatic rings. The van der Waals surface area contributed by atoms with Crippen molar-refractivity contribution in [3.05, 3.63) is 17.8 Å². The molecule has 1 aromatic heterocycles. The minimum absolute atomic E-state index is 0.781. The molecule has 0 spiro atoms. The lowest BCUT2D eigenvalue weighted by molar-refractivity contribution is 0.753. The molecule has 4 nitrogen and oxygen atoms in total. The van der Waals surface area contributed by atoms with Crippen LogP contribution in [0, 0.1) is 0 Å². The normalized spacial score (nSPS) is 16.7. The van der Waals surface area contributed by atoms with Crippen molar-refractivity contribution in [3.8, 4) is 0 Å². The van der Waals surface area contributed by atoms with Gasteiger partial charge in [-0.2, -0.15) is 16.9 Å². The van der Waals surface area contributed by atoms with E-state index in [-0.39, 0.29) is 0 Å². The van der Waals surface area contributed by atoms with E-state index in [0.717, 1.165) is 31.1 Å². The molecule has 2 rings (SSSR count). The summed E-state index contributed by atoms with van der Waals surface area (Å²) in [5.41, 5.74) is 0.993. The lowest BCUT2D eigenvalue weighted by atomic mass is 10.3. The zero-order chi connectivity index (χ0) is 10.5. The molecule has 0 saturated carbocycles. The van der Waals surface area contributed by atoms with Gasteiger partial charge in [0, 0.05) is 31.1 Å². The van der Waals surface area contributed by atoms with Crippen molar-refractivity contribution in [1.29, 1.82) is 0 Å². The van der Waals surface area contributed by atoms with Crippen molar-refractivity contribution < 1.29 is 0 Å². The highest BCUT2D eigenvalue weighted by Crippen LogP contribution is 2.16. The van der Waals surface area contributed by atoms with E-state index in [1.807, 2.05) is 24.9 Å². The average molecular weight is 224 g/mol. The van der Waals surface area contributed by atoms with Crippen molar-refractivity contribution in [1.82, 2.24) is 15.5 Å². The van der Waals surface area contributed by atoms with Gasteiger partial charge in [-0.3, -0.25) is 0 Å². The molecular formula is C10H16N4S. The standard InChI is InChI=1S/C10H16N4S/c1-11-8-9-2-3-10(13-12-9)14-4-6-15-7-5-14/h2-3,11H,4-8H2,1H3. The van der Waals surface area contributed by atoms with E-state index in [2.05, 4.69) is 26.5 Å². The van der Waals surface area contributed by atoms with Gasteiger partial charge in [0.1, 0.15) is 0 Å². The first-order chi connectivity index (χ1) is 7.40. The highest BCUT2D eigenvalue weighted by molar-refractivity contribution is 7.99. The van der Waals surface area contributed by atoms with Gasteiger partial charge in [-0.15, -0.1) is 5.10 Å². The fourth-order valence-corrected chi connectivity index (χ4v) is 2.49. The predicted octanol–water partition coefficient (Wildman–Crippen LogP) is 0.749. The summed E-state index contributed by atoms with van der Waals surface area (Å²) >= 11 is 2.00. The van der Waals surface area contributed by atoms with Crippen LogP contribution in [0.2, 0.25) is 0 Å². The Bertz CT molecular complexity index is 295. The number of hydrogen-bond donors (Lipinski definition) is 1. The van der Waals surface area contributed by atoms with Crippen molar-refractivity contribution in [2.45, 2.75) is 6.54 Å². The van der Waals surface area contributed by atoms with Gasteiger partial charge in [-0.25, -0.2) is 0 Å². The first-order valence-electron chi connectivity index (χ1n) is 5.20. The second kappa shape index (κ2) is 5.32. The molecule has 1 saturated heterocycles. The molecule has 1 aliphatic rings. The van der Waals surface area contributed by atoms with Gasteiger partial charge in [0.2, 0.25) is 0 Å². The third-order valence-corrected chi connectivity index (χ3v) is 3.34. The first kappa shape index (κ1) is 10.7. The molecule has 1 aliphatic heterocycles. The summed E-state index contributed by atoms with van der Waals surface area (Å²) in [6.07, 6.45) is 0. The average Bonchev–Trinajstić information content (AvgIpc) is 2.32. The topological polar surface area (TPSA) is 41.0 Å². The van der Waals surface area contributed by atoms with E-state index in [1.54, 1.807) is 0 Å². The van der Waals surface area contributed by atoms with Crippen LogP contribution in [-0.4, -0.2) is 41.8 Å². The SMILES string of the molecule is CNCc1ccc(N2CCSCC2)nn1. The van der Waals surface area contributed by atoms with Gasteiger partial charge < -0.3 is 10.2 Å². The molecule has 0 unspecified atom stereocenters. The second-order valence-electron chi connectivity index (χ2n) is 3.51. The molecule has 2 heterocycles. The molecular weight excluding hydrogens is 208 g/mol. The van der Waals surface area contributed by atoms with Crippen molar-refractivity contribution in [2.24, 2.45) is 0 Å². The summed E-state index contributed by atoms with van der Waals surface area (Å²) in [6.45, 7) is 2.96. The largest absolute Gasteiger partial charge is 0.353 e. The zero-order valence-electron chi connectivity index (χ0n) is 8.94. The number of rotatable bonds is 3. The maximum atomic E-state index is 4.25. The summed E-state index contributed by atoms with van der Waals surface area (Å²) in [7, 11) is 1.91. The van der Waals surface area contributed by atoms with Crippen molar-refractivity contribution in [3.63, 3.8) is 0 Å². The monoisotopic (exact) mass is 224 g/mol. The van der Waals surface area contributed by atoms with E-state index >= 15 is 0 Å². The zero-order valence-corrected chi connectivity index (χ0v) is 9.76. The quantitative estimate of drug-likeness (QED) is 0.820. The van der Waals surface area contributed by atoms with Crippen molar-refractivity contribution >= 4 is 17.6 Å². The summed E-state index contributed by atoms with van der Waals surface area (Å²) in [5, 5.41) is 11.5. The van der Waals surface area contributed by atoms with E-state index in [0.29, 0.717) is 0 Å². The molecule has 5 heteroatoms. The smallest absolute Gasteiger partial charge is 0.151 e. The van der Waals surface area contributed by atoms with E-state index < -0.39 is 0 Å². The molecule has 0 radical (unpaired) electrons. The van der Waals surface area contributed by atoms with Crippen LogP contribution in [0.25, 0.3) is 0 Å². The van der Waals surface area contributed by atoms with Crippen LogP contribution in [0.1, 0.15) is 5.69 Å². The van der Waals surface area contributed by atoms with Gasteiger partial charge in [-0.1, -0.05) is 0 Å². The number of thioether (sulfide) groups is 1. The number of nitrogens with one attached hydrogen (secondary N) is 1. The molecule has 15 heavy (non-hydrogen) atoms. The lowest BCUT2D eigenvalue weighted by Crippen LogP contribution is -2.33. The Labute approximate surface area is 94.5 Å². The minimum atomic E-state index is 0.781. The highest BCUT2D eigenvalue weighted by Gasteiger charge is 2.12. The van der Waals surface area contributed by atoms with Gasteiger partial charge in [-0.05, 0) is 19.2 Å². The Morgan fingerprint density at radius 2 is 2.13 bits per heavy atom. The Hall–Kier alpha value is -0.810. The fourth-order valence-electron chi connectivity index (χ4n) is 1.59. The van der Waals surface area contributed by atoms with Crippen LogP contribution < -0.4 is 10.2 Å². The minimum Gasteiger partial charge on any atom is -0.353 e. The molecule has 0 aromatic carbocycles. The lowest BCUT2D eigenvalue weighted by Gasteiger charge is -2.26. The Kier molecular flexibility index (Phi) is 3.80. The maximum absolute atomic E-state index is 4.25. The van der Waals surface area contributed by atoms with Crippen LogP contribution in [-0.2, 0) is 6.54 Å². The van der Waals surface area contributed by atoms with Gasteiger partial charge in [0.15, 0.2) is 5.82 Å². The Morgan fingerprint density at radius 1 is 1.33 bits per heavy atom. The number of nitrogens with zero attached hydrogens (tertiary/aromatic N) is 3. The first-order valence-corrected chi connectivity index (χ1v) is 6.35. The third-order valence-electron chi connectivity index (χ3n) is 2.40. The molecule has 82 valence electrons. The van der Waals surface area contributed by atoms with E-state index in [9.17, 15) is 0 Å². The van der Waals surface area contributed by atoms with Crippen LogP contribution in [0.4, 0.5) is 5.82 Å². The molecule has 1 N–H and O–H groups in total. The van der Waals surface area contributed by atoms with E-state index in [4.69, 9.17) is 0 Å². The summed E-state index contributed by atoms with van der Waals surface area (Å²) in [6, 6.07) is 4.11. The third kappa shape index (κ3) is 2.82. The molecule has 0 amide bonds. The highest BCUT2D eigenvalue weighted by atomic mass is 32.2. The van der Waals surface area contributed by atoms with Gasteiger partial charge in [0.25, 0.3) is 0 Å². The van der Waals surface area contributed by atoms with Crippen LogP contribution in [0.5, 0.6) is 0 Å². The van der Waals surface area contributed by atoms with Gasteiger partial charge in [0.05, 0.1) is 5.69 Å². The number of anilines is 1. The second-order valence-corrected chi connectivity index (χ2v) is 4.74. The van der Waals surface area contributed by atoms with Crippen LogP contribution in [0.3, 0.4) is 0 Å². The molecule has 0 aliphatic carbocycles. The molecule has 0 atom stereocenters.